The predicted octanol–water partition coefficient (Wildman–Crippen LogP) is 2.75. The molecule has 2 aromatic rings. The summed E-state index contributed by atoms with van der Waals surface area (Å²) in [7, 11) is 1.34. The Hall–Kier alpha value is -1.27. The van der Waals surface area contributed by atoms with E-state index >= 15 is 0 Å². The molecular formula is C10H7BrN2O2S. The zero-order valence-corrected chi connectivity index (χ0v) is 10.7. The number of esters is 1. The van der Waals surface area contributed by atoms with Crippen LogP contribution in [0.1, 0.15) is 10.5 Å². The van der Waals surface area contributed by atoms with Crippen molar-refractivity contribution in [2.24, 2.45) is 0 Å². The van der Waals surface area contributed by atoms with Gasteiger partial charge >= 0.3 is 5.97 Å². The van der Waals surface area contributed by atoms with Gasteiger partial charge in [-0.1, -0.05) is 0 Å². The molecule has 0 aliphatic rings. The van der Waals surface area contributed by atoms with E-state index in [0.29, 0.717) is 5.69 Å². The number of thiazole rings is 1. The molecule has 2 heterocycles. The van der Waals surface area contributed by atoms with E-state index in [-0.39, 0.29) is 0 Å². The monoisotopic (exact) mass is 298 g/mol. The highest BCUT2D eigenvalue weighted by atomic mass is 79.9. The first-order chi connectivity index (χ1) is 7.70. The lowest BCUT2D eigenvalue weighted by Gasteiger charge is -1.95. The lowest BCUT2D eigenvalue weighted by atomic mass is 10.3. The Morgan fingerprint density at radius 3 is 3.00 bits per heavy atom. The van der Waals surface area contributed by atoms with Gasteiger partial charge in [-0.05, 0) is 22.0 Å². The van der Waals surface area contributed by atoms with Crippen LogP contribution in [-0.4, -0.2) is 23.0 Å². The Labute approximate surface area is 104 Å². The number of hydrogen-bond donors (Lipinski definition) is 0. The number of carbonyl (C=O) groups excluding carboxylic acids is 1. The number of carbonyl (C=O) groups is 1. The third-order valence-electron chi connectivity index (χ3n) is 1.85. The van der Waals surface area contributed by atoms with E-state index in [0.717, 1.165) is 15.0 Å². The van der Waals surface area contributed by atoms with E-state index in [2.05, 4.69) is 30.6 Å². The Morgan fingerprint density at radius 1 is 1.50 bits per heavy atom. The number of pyridine rings is 1. The van der Waals surface area contributed by atoms with E-state index in [1.165, 1.54) is 18.4 Å². The molecule has 6 heteroatoms. The molecule has 16 heavy (non-hydrogen) atoms. The van der Waals surface area contributed by atoms with Crippen molar-refractivity contribution in [2.75, 3.05) is 7.11 Å². The second-order valence-corrected chi connectivity index (χ2v) is 4.70. The van der Waals surface area contributed by atoms with Crippen LogP contribution in [0.5, 0.6) is 0 Å². The summed E-state index contributed by atoms with van der Waals surface area (Å²) in [6.45, 7) is 0. The molecule has 0 unspecified atom stereocenters. The zero-order chi connectivity index (χ0) is 11.5. The predicted molar refractivity (Wildman–Crippen MR) is 64.4 cm³/mol. The largest absolute Gasteiger partial charge is 0.464 e. The number of hydrogen-bond acceptors (Lipinski definition) is 5. The fourth-order valence-electron chi connectivity index (χ4n) is 1.13. The quantitative estimate of drug-likeness (QED) is 0.800. The van der Waals surface area contributed by atoms with Gasteiger partial charge in [-0.2, -0.15) is 0 Å². The van der Waals surface area contributed by atoms with Gasteiger partial charge in [0.05, 0.1) is 7.11 Å². The average molecular weight is 299 g/mol. The molecule has 0 bridgehead atoms. The highest BCUT2D eigenvalue weighted by Gasteiger charge is 2.11. The fourth-order valence-corrected chi connectivity index (χ4v) is 2.27. The summed E-state index contributed by atoms with van der Waals surface area (Å²) in [5.74, 6) is -0.426. The van der Waals surface area contributed by atoms with Crippen molar-refractivity contribution < 1.29 is 9.53 Å². The van der Waals surface area contributed by atoms with Gasteiger partial charge in [0.25, 0.3) is 0 Å². The lowest BCUT2D eigenvalue weighted by molar-refractivity contribution is 0.0595. The summed E-state index contributed by atoms with van der Waals surface area (Å²) in [5.41, 5.74) is 1.19. The van der Waals surface area contributed by atoms with E-state index < -0.39 is 5.97 Å². The summed E-state index contributed by atoms with van der Waals surface area (Å²) in [6.07, 6.45) is 3.39. The topological polar surface area (TPSA) is 52.1 Å². The molecule has 0 aliphatic carbocycles. The summed E-state index contributed by atoms with van der Waals surface area (Å²) in [4.78, 5) is 19.4. The maximum absolute atomic E-state index is 11.2. The van der Waals surface area contributed by atoms with Crippen molar-refractivity contribution in [3.05, 3.63) is 34.0 Å². The van der Waals surface area contributed by atoms with Gasteiger partial charge in [0.15, 0.2) is 5.69 Å². The molecule has 0 saturated carbocycles. The maximum Gasteiger partial charge on any atom is 0.357 e. The minimum Gasteiger partial charge on any atom is -0.464 e. The van der Waals surface area contributed by atoms with Crippen molar-refractivity contribution in [1.29, 1.82) is 0 Å². The van der Waals surface area contributed by atoms with Crippen LogP contribution in [0, 0.1) is 0 Å². The van der Waals surface area contributed by atoms with E-state index in [1.807, 2.05) is 6.07 Å². The first-order valence-electron chi connectivity index (χ1n) is 4.35. The zero-order valence-electron chi connectivity index (χ0n) is 8.31. The Kier molecular flexibility index (Phi) is 3.31. The third-order valence-corrected chi connectivity index (χ3v) is 3.18. The van der Waals surface area contributed by atoms with Gasteiger partial charge in [0.2, 0.25) is 0 Å². The smallest absolute Gasteiger partial charge is 0.357 e. The average Bonchev–Trinajstić information content (AvgIpc) is 2.77. The fraction of sp³-hybridized carbons (Fsp3) is 0.100. The van der Waals surface area contributed by atoms with Crippen LogP contribution in [-0.2, 0) is 4.74 Å². The molecule has 82 valence electrons. The van der Waals surface area contributed by atoms with Crippen molar-refractivity contribution >= 4 is 33.2 Å². The lowest BCUT2D eigenvalue weighted by Crippen LogP contribution is -2.00. The van der Waals surface area contributed by atoms with Crippen molar-refractivity contribution in [3.63, 3.8) is 0 Å². The molecule has 0 aliphatic heterocycles. The molecule has 0 radical (unpaired) electrons. The van der Waals surface area contributed by atoms with Crippen molar-refractivity contribution in [1.82, 2.24) is 9.97 Å². The first kappa shape index (κ1) is 11.2. The van der Waals surface area contributed by atoms with Crippen LogP contribution in [0.25, 0.3) is 10.6 Å². The van der Waals surface area contributed by atoms with Crippen LogP contribution >= 0.6 is 27.3 Å². The number of aromatic nitrogens is 2. The van der Waals surface area contributed by atoms with Crippen LogP contribution in [0.2, 0.25) is 0 Å². The minimum atomic E-state index is -0.426. The molecule has 0 N–H and O–H groups in total. The van der Waals surface area contributed by atoms with Gasteiger partial charge in [-0.15, -0.1) is 11.3 Å². The van der Waals surface area contributed by atoms with Gasteiger partial charge in [0.1, 0.15) is 5.01 Å². The molecule has 2 rings (SSSR count). The van der Waals surface area contributed by atoms with E-state index in [9.17, 15) is 4.79 Å². The van der Waals surface area contributed by atoms with Crippen LogP contribution < -0.4 is 0 Å². The second-order valence-electron chi connectivity index (χ2n) is 2.92. The third kappa shape index (κ3) is 2.28. The minimum absolute atomic E-state index is 0.322. The number of ether oxygens (including phenoxy) is 1. The number of rotatable bonds is 2. The standard InChI is InChI=1S/C10H7BrN2O2S/c1-15-10(14)8-5-16-9(13-8)6-2-7(11)4-12-3-6/h2-5H,1H3. The molecule has 2 aromatic heterocycles. The summed E-state index contributed by atoms with van der Waals surface area (Å²) in [5, 5.41) is 2.41. The van der Waals surface area contributed by atoms with Crippen molar-refractivity contribution in [2.45, 2.75) is 0 Å². The van der Waals surface area contributed by atoms with Gasteiger partial charge in [-0.3, -0.25) is 4.98 Å². The molecular weight excluding hydrogens is 292 g/mol. The number of halogens is 1. The number of methoxy groups -OCH3 is 1. The highest BCUT2D eigenvalue weighted by molar-refractivity contribution is 9.10. The summed E-state index contributed by atoms with van der Waals surface area (Å²) >= 11 is 4.71. The Bertz CT molecular complexity index is 527. The Balaban J connectivity index is 2.35. The second kappa shape index (κ2) is 4.71. The molecule has 0 saturated heterocycles. The van der Waals surface area contributed by atoms with Crippen molar-refractivity contribution in [3.8, 4) is 10.6 Å². The molecule has 0 fully saturated rings. The first-order valence-corrected chi connectivity index (χ1v) is 6.02. The van der Waals surface area contributed by atoms with Crippen LogP contribution in [0.4, 0.5) is 0 Å². The Morgan fingerprint density at radius 2 is 2.31 bits per heavy atom. The molecule has 4 nitrogen and oxygen atoms in total. The normalized spacial score (nSPS) is 10.1. The summed E-state index contributed by atoms with van der Waals surface area (Å²) < 4.78 is 5.46. The number of nitrogens with zero attached hydrogens (tertiary/aromatic N) is 2. The van der Waals surface area contributed by atoms with Gasteiger partial charge in [-0.25, -0.2) is 9.78 Å². The van der Waals surface area contributed by atoms with Gasteiger partial charge < -0.3 is 4.74 Å². The SMILES string of the molecule is COC(=O)c1csc(-c2cncc(Br)c2)n1. The van der Waals surface area contributed by atoms with Crippen LogP contribution in [0.15, 0.2) is 28.3 Å². The maximum atomic E-state index is 11.2. The molecule has 0 amide bonds. The molecule has 0 aromatic carbocycles. The summed E-state index contributed by atoms with van der Waals surface area (Å²) in [6, 6.07) is 1.90. The highest BCUT2D eigenvalue weighted by Crippen LogP contribution is 2.25. The van der Waals surface area contributed by atoms with E-state index in [1.54, 1.807) is 17.8 Å². The van der Waals surface area contributed by atoms with Crippen LogP contribution in [0.3, 0.4) is 0 Å². The van der Waals surface area contributed by atoms with E-state index in [4.69, 9.17) is 0 Å². The molecule has 0 spiro atoms. The van der Waals surface area contributed by atoms with Gasteiger partial charge in [0, 0.05) is 27.8 Å². The molecule has 0 atom stereocenters.